The molecule has 5 heteroatoms. The van der Waals surface area contributed by atoms with Crippen LogP contribution < -0.4 is 19.7 Å². The van der Waals surface area contributed by atoms with Gasteiger partial charge >= 0.3 is 0 Å². The van der Waals surface area contributed by atoms with Crippen molar-refractivity contribution in [1.29, 1.82) is 0 Å². The Morgan fingerprint density at radius 3 is 2.62 bits per heavy atom. The van der Waals surface area contributed by atoms with Crippen molar-refractivity contribution in [3.05, 3.63) is 54.1 Å². The average Bonchev–Trinajstić information content (AvgIpc) is 2.58. The Hall–Kier alpha value is -2.27. The summed E-state index contributed by atoms with van der Waals surface area (Å²) in [6, 6.07) is 16.2. The van der Waals surface area contributed by atoms with E-state index in [4.69, 9.17) is 21.7 Å². The monoisotopic (exact) mass is 340 g/mol. The van der Waals surface area contributed by atoms with Gasteiger partial charge in [-0.2, -0.15) is 0 Å². The maximum atomic E-state index is 6.54. The molecule has 24 heavy (non-hydrogen) atoms. The molecule has 2 aromatic carbocycles. The van der Waals surface area contributed by atoms with Gasteiger partial charge in [-0.1, -0.05) is 37.3 Å². The van der Waals surface area contributed by atoms with Crippen LogP contribution in [0, 0.1) is 5.92 Å². The van der Waals surface area contributed by atoms with E-state index < -0.39 is 5.72 Å². The molecule has 2 heterocycles. The molecule has 1 saturated heterocycles. The van der Waals surface area contributed by atoms with E-state index in [1.54, 1.807) is 7.11 Å². The molecule has 4 nitrogen and oxygen atoms in total. The molecule has 0 amide bonds. The number of nitrogens with zero attached hydrogens (tertiary/aromatic N) is 1. The summed E-state index contributed by atoms with van der Waals surface area (Å²) in [5.41, 5.74) is 1.52. The molecule has 2 aromatic rings. The zero-order chi connectivity index (χ0) is 16.9. The Bertz CT molecular complexity index is 795. The summed E-state index contributed by atoms with van der Waals surface area (Å²) in [5.74, 6) is 1.74. The number of anilines is 1. The number of methoxy groups -OCH3 is 1. The Balaban J connectivity index is 1.88. The summed E-state index contributed by atoms with van der Waals surface area (Å²) in [6.07, 6.45) is 0. The summed E-state index contributed by atoms with van der Waals surface area (Å²) in [4.78, 5) is 2.07. The van der Waals surface area contributed by atoms with Crippen LogP contribution in [-0.2, 0) is 0 Å². The van der Waals surface area contributed by atoms with E-state index in [2.05, 4.69) is 30.1 Å². The van der Waals surface area contributed by atoms with Crippen molar-refractivity contribution in [2.75, 3.05) is 12.0 Å². The zero-order valence-electron chi connectivity index (χ0n) is 13.9. The lowest BCUT2D eigenvalue weighted by Crippen LogP contribution is -2.69. The minimum atomic E-state index is -0.587. The van der Waals surface area contributed by atoms with Gasteiger partial charge in [-0.05, 0) is 37.3 Å². The van der Waals surface area contributed by atoms with Crippen molar-refractivity contribution >= 4 is 23.0 Å². The second kappa shape index (κ2) is 5.38. The van der Waals surface area contributed by atoms with Crippen molar-refractivity contribution in [3.8, 4) is 11.5 Å². The second-order valence-corrected chi connectivity index (χ2v) is 6.81. The third-order valence-corrected chi connectivity index (χ3v) is 5.46. The molecule has 0 radical (unpaired) electrons. The van der Waals surface area contributed by atoms with Crippen LogP contribution in [0.1, 0.15) is 25.5 Å². The van der Waals surface area contributed by atoms with Gasteiger partial charge in [0.2, 0.25) is 0 Å². The fraction of sp³-hybridized carbons (Fsp3) is 0.316. The standard InChI is InChI=1S/C19H20N2O2S/c1-12-16-14-10-7-11-15(22-3)17(14)23-19(12,2)21(18(24)20-16)13-8-5-4-6-9-13/h4-12,16H,1-3H3,(H,20,24). The van der Waals surface area contributed by atoms with Crippen LogP contribution >= 0.6 is 12.2 Å². The summed E-state index contributed by atoms with van der Waals surface area (Å²) < 4.78 is 12.1. The molecule has 0 aromatic heterocycles. The molecule has 3 atom stereocenters. The average molecular weight is 340 g/mol. The van der Waals surface area contributed by atoms with E-state index in [0.717, 1.165) is 22.7 Å². The van der Waals surface area contributed by atoms with Gasteiger partial charge in [0, 0.05) is 17.2 Å². The lowest BCUT2D eigenvalue weighted by atomic mass is 9.80. The fourth-order valence-electron chi connectivity index (χ4n) is 3.73. The molecule has 0 spiro atoms. The predicted molar refractivity (Wildman–Crippen MR) is 98.6 cm³/mol. The molecule has 0 saturated carbocycles. The lowest BCUT2D eigenvalue weighted by molar-refractivity contribution is -0.00546. The highest BCUT2D eigenvalue weighted by atomic mass is 32.1. The summed E-state index contributed by atoms with van der Waals surface area (Å²) >= 11 is 5.68. The number of para-hydroxylation sites is 2. The van der Waals surface area contributed by atoms with Crippen LogP contribution in [0.2, 0.25) is 0 Å². The molecular formula is C19H20N2O2S. The van der Waals surface area contributed by atoms with Gasteiger partial charge in [0.1, 0.15) is 0 Å². The smallest absolute Gasteiger partial charge is 0.191 e. The van der Waals surface area contributed by atoms with E-state index in [9.17, 15) is 0 Å². The van der Waals surface area contributed by atoms with Crippen molar-refractivity contribution in [3.63, 3.8) is 0 Å². The maximum Gasteiger partial charge on any atom is 0.191 e. The molecule has 1 N–H and O–H groups in total. The molecule has 3 unspecified atom stereocenters. The molecule has 4 rings (SSSR count). The van der Waals surface area contributed by atoms with E-state index in [-0.39, 0.29) is 12.0 Å². The number of benzene rings is 2. The van der Waals surface area contributed by atoms with Crippen molar-refractivity contribution in [2.24, 2.45) is 5.92 Å². The van der Waals surface area contributed by atoms with Gasteiger partial charge in [0.05, 0.1) is 13.2 Å². The number of ether oxygens (including phenoxy) is 2. The van der Waals surface area contributed by atoms with E-state index in [1.165, 1.54) is 0 Å². The zero-order valence-corrected chi connectivity index (χ0v) is 14.8. The topological polar surface area (TPSA) is 33.7 Å². The number of fused-ring (bicyclic) bond motifs is 4. The highest BCUT2D eigenvalue weighted by Gasteiger charge is 2.54. The Kier molecular flexibility index (Phi) is 3.42. The quantitative estimate of drug-likeness (QED) is 0.839. The molecule has 2 bridgehead atoms. The minimum absolute atomic E-state index is 0.0984. The largest absolute Gasteiger partial charge is 0.493 e. The second-order valence-electron chi connectivity index (χ2n) is 6.42. The number of rotatable bonds is 2. The van der Waals surface area contributed by atoms with Crippen molar-refractivity contribution in [1.82, 2.24) is 5.32 Å². The first-order valence-corrected chi connectivity index (χ1v) is 8.49. The Morgan fingerprint density at radius 2 is 1.92 bits per heavy atom. The van der Waals surface area contributed by atoms with Gasteiger partial charge in [-0.25, -0.2) is 0 Å². The Labute approximate surface area is 147 Å². The highest BCUT2D eigenvalue weighted by Crippen LogP contribution is 2.51. The molecule has 2 aliphatic heterocycles. The normalized spacial score (nSPS) is 27.8. The molecule has 2 aliphatic rings. The van der Waals surface area contributed by atoms with Gasteiger partial charge in [0.25, 0.3) is 0 Å². The van der Waals surface area contributed by atoms with Gasteiger partial charge in [-0.3, -0.25) is 4.90 Å². The van der Waals surface area contributed by atoms with Crippen LogP contribution in [0.5, 0.6) is 11.5 Å². The third kappa shape index (κ3) is 2.01. The lowest BCUT2D eigenvalue weighted by Gasteiger charge is -2.56. The maximum absolute atomic E-state index is 6.54. The molecule has 0 aliphatic carbocycles. The van der Waals surface area contributed by atoms with Gasteiger partial charge in [-0.15, -0.1) is 0 Å². The van der Waals surface area contributed by atoms with E-state index in [1.807, 2.05) is 42.5 Å². The van der Waals surface area contributed by atoms with Crippen LogP contribution in [0.15, 0.2) is 48.5 Å². The van der Waals surface area contributed by atoms with Crippen LogP contribution in [0.4, 0.5) is 5.69 Å². The van der Waals surface area contributed by atoms with Crippen molar-refractivity contribution in [2.45, 2.75) is 25.6 Å². The Morgan fingerprint density at radius 1 is 1.17 bits per heavy atom. The van der Waals surface area contributed by atoms with Gasteiger partial charge in [0.15, 0.2) is 22.3 Å². The van der Waals surface area contributed by atoms with Crippen LogP contribution in [0.3, 0.4) is 0 Å². The molecule has 1 fully saturated rings. The van der Waals surface area contributed by atoms with Gasteiger partial charge < -0.3 is 14.8 Å². The molecule has 124 valence electrons. The first-order chi connectivity index (χ1) is 11.6. The fourth-order valence-corrected chi connectivity index (χ4v) is 4.14. The predicted octanol–water partition coefficient (Wildman–Crippen LogP) is 3.88. The summed E-state index contributed by atoms with van der Waals surface area (Å²) in [5, 5.41) is 4.18. The first-order valence-electron chi connectivity index (χ1n) is 8.08. The third-order valence-electron chi connectivity index (χ3n) is 5.16. The SMILES string of the molecule is COc1cccc2c1OC1(C)C(C)C2NC(=S)N1c1ccccc1. The van der Waals surface area contributed by atoms with E-state index in [0.29, 0.717) is 5.11 Å². The number of hydrogen-bond acceptors (Lipinski definition) is 3. The summed E-state index contributed by atoms with van der Waals surface area (Å²) in [7, 11) is 1.67. The van der Waals surface area contributed by atoms with Crippen molar-refractivity contribution < 1.29 is 9.47 Å². The van der Waals surface area contributed by atoms with Crippen LogP contribution in [-0.4, -0.2) is 17.9 Å². The number of thiocarbonyl (C=S) groups is 1. The van der Waals surface area contributed by atoms with Crippen LogP contribution in [0.25, 0.3) is 0 Å². The van der Waals surface area contributed by atoms with E-state index >= 15 is 0 Å². The molecular weight excluding hydrogens is 320 g/mol. The first kappa shape index (κ1) is 15.3. The number of nitrogens with one attached hydrogen (secondary N) is 1. The number of hydrogen-bond donors (Lipinski definition) is 1. The highest BCUT2D eigenvalue weighted by molar-refractivity contribution is 7.80. The minimum Gasteiger partial charge on any atom is -0.493 e. The summed E-state index contributed by atoms with van der Waals surface area (Å²) in [6.45, 7) is 4.29.